The predicted molar refractivity (Wildman–Crippen MR) is 206 cm³/mol. The van der Waals surface area contributed by atoms with Crippen LogP contribution in [-0.4, -0.2) is 20.9 Å². The summed E-state index contributed by atoms with van der Waals surface area (Å²) in [7, 11) is 0. The molecule has 6 rings (SSSR count). The van der Waals surface area contributed by atoms with E-state index in [1.807, 2.05) is 47.6 Å². The molecule has 0 saturated heterocycles. The third-order valence-corrected chi connectivity index (χ3v) is 11.7. The molecule has 0 unspecified atom stereocenters. The Hall–Kier alpha value is -3.44. The largest absolute Gasteiger partial charge is 0.512 e. The van der Waals surface area contributed by atoms with Crippen LogP contribution in [0, 0.1) is 16.9 Å². The second-order valence-electron chi connectivity index (χ2n) is 14.5. The number of nitrogens with zero attached hydrogens (tertiary/aromatic N) is 2. The SMILES string of the molecule is CC(C)(C)c1ccc2c(-c3ncnc4sc5cc6ccccc6cc5c34)[c-]ccc2c1.CCC(C)(CC)C(=O)/C=C(\O)C(C)(CC)CC.[Ir]. The van der Waals surface area contributed by atoms with Crippen LogP contribution in [0.3, 0.4) is 0 Å². The van der Waals surface area contributed by atoms with Crippen molar-refractivity contribution in [2.75, 3.05) is 0 Å². The van der Waals surface area contributed by atoms with E-state index in [4.69, 9.17) is 4.98 Å². The summed E-state index contributed by atoms with van der Waals surface area (Å²) >= 11 is 1.73. The summed E-state index contributed by atoms with van der Waals surface area (Å²) in [6.45, 7) is 18.8. The van der Waals surface area contributed by atoms with E-state index in [0.717, 1.165) is 47.2 Å². The van der Waals surface area contributed by atoms with E-state index in [2.05, 4.69) is 92.5 Å². The van der Waals surface area contributed by atoms with Crippen molar-refractivity contribution in [1.82, 2.24) is 9.97 Å². The third-order valence-electron chi connectivity index (χ3n) is 10.7. The maximum atomic E-state index is 12.2. The van der Waals surface area contributed by atoms with Gasteiger partial charge in [-0.1, -0.05) is 110 Å². The number of hydrogen-bond donors (Lipinski definition) is 1. The molecular weight excluding hydrogens is 801 g/mol. The Kier molecular flexibility index (Phi) is 11.9. The molecule has 259 valence electrons. The van der Waals surface area contributed by atoms with Gasteiger partial charge < -0.3 is 5.11 Å². The Morgan fingerprint density at radius 2 is 1.43 bits per heavy atom. The zero-order chi connectivity index (χ0) is 34.9. The number of carbonyl (C=O) groups is 1. The van der Waals surface area contributed by atoms with E-state index < -0.39 is 0 Å². The normalized spacial score (nSPS) is 12.6. The van der Waals surface area contributed by atoms with Gasteiger partial charge in [0.15, 0.2) is 5.78 Å². The van der Waals surface area contributed by atoms with Gasteiger partial charge in [-0.15, -0.1) is 40.5 Å². The second-order valence-corrected chi connectivity index (χ2v) is 15.6. The Morgan fingerprint density at radius 1 is 0.796 bits per heavy atom. The number of thiophene rings is 1. The minimum absolute atomic E-state index is 0. The topological polar surface area (TPSA) is 63.1 Å². The smallest absolute Gasteiger partial charge is 0.164 e. The zero-order valence-corrected chi connectivity index (χ0v) is 33.5. The van der Waals surface area contributed by atoms with E-state index in [1.165, 1.54) is 43.3 Å². The van der Waals surface area contributed by atoms with Crippen molar-refractivity contribution >= 4 is 59.0 Å². The Labute approximate surface area is 309 Å². The zero-order valence-electron chi connectivity index (χ0n) is 30.3. The monoisotopic (exact) mass is 850 g/mol. The number of aliphatic hydroxyl groups is 1. The van der Waals surface area contributed by atoms with Crippen LogP contribution in [0.2, 0.25) is 0 Å². The van der Waals surface area contributed by atoms with E-state index >= 15 is 0 Å². The van der Waals surface area contributed by atoms with Crippen molar-refractivity contribution in [2.45, 2.75) is 93.4 Å². The van der Waals surface area contributed by atoms with Gasteiger partial charge in [0.25, 0.3) is 0 Å². The molecule has 6 aromatic rings. The molecule has 6 heteroatoms. The molecule has 0 atom stereocenters. The van der Waals surface area contributed by atoms with Crippen molar-refractivity contribution < 1.29 is 30.0 Å². The first-order valence-corrected chi connectivity index (χ1v) is 18.1. The van der Waals surface area contributed by atoms with Gasteiger partial charge in [0.2, 0.25) is 0 Å². The Balaban J connectivity index is 0.000000260. The van der Waals surface area contributed by atoms with Gasteiger partial charge in [0.05, 0.1) is 0 Å². The van der Waals surface area contributed by atoms with Gasteiger partial charge in [-0.25, -0.2) is 4.98 Å². The molecule has 0 bridgehead atoms. The predicted octanol–water partition coefficient (Wildman–Crippen LogP) is 12.6. The molecule has 2 aromatic heterocycles. The van der Waals surface area contributed by atoms with Gasteiger partial charge in [-0.05, 0) is 65.0 Å². The first-order chi connectivity index (χ1) is 22.8. The summed E-state index contributed by atoms with van der Waals surface area (Å²) in [5.41, 5.74) is 2.84. The van der Waals surface area contributed by atoms with E-state index in [0.29, 0.717) is 0 Å². The van der Waals surface area contributed by atoms with E-state index in [-0.39, 0.29) is 47.9 Å². The van der Waals surface area contributed by atoms with Crippen molar-refractivity contribution in [3.63, 3.8) is 0 Å². The van der Waals surface area contributed by atoms with Crippen molar-refractivity contribution in [1.29, 1.82) is 0 Å². The number of rotatable bonds is 8. The number of benzene rings is 4. The molecule has 1 N–H and O–H groups in total. The third kappa shape index (κ3) is 7.67. The van der Waals surface area contributed by atoms with E-state index in [1.54, 1.807) is 17.7 Å². The van der Waals surface area contributed by atoms with Crippen molar-refractivity contribution in [3.05, 3.63) is 96.5 Å². The summed E-state index contributed by atoms with van der Waals surface area (Å²) in [6, 6.07) is 27.4. The maximum absolute atomic E-state index is 12.2. The molecule has 0 saturated carbocycles. The molecule has 0 fully saturated rings. The molecule has 0 aliphatic heterocycles. The summed E-state index contributed by atoms with van der Waals surface area (Å²) < 4.78 is 1.24. The fourth-order valence-electron chi connectivity index (χ4n) is 6.05. The Morgan fingerprint density at radius 3 is 2.04 bits per heavy atom. The minimum atomic E-state index is -0.337. The molecule has 2 heterocycles. The summed E-state index contributed by atoms with van der Waals surface area (Å²) in [5.74, 6) is 0.286. The van der Waals surface area contributed by atoms with Crippen molar-refractivity contribution in [2.24, 2.45) is 10.8 Å². The molecule has 4 nitrogen and oxygen atoms in total. The number of hydrogen-bond acceptors (Lipinski definition) is 5. The second kappa shape index (κ2) is 15.2. The van der Waals surface area contributed by atoms with Crippen LogP contribution in [0.15, 0.2) is 84.9 Å². The molecule has 0 aliphatic rings. The minimum Gasteiger partial charge on any atom is -0.512 e. The fourth-order valence-corrected chi connectivity index (χ4v) is 7.12. The van der Waals surface area contributed by atoms with Gasteiger partial charge >= 0.3 is 0 Å². The van der Waals surface area contributed by atoms with Crippen LogP contribution in [0.5, 0.6) is 0 Å². The number of allylic oxidation sites excluding steroid dienone is 2. The molecule has 4 aromatic carbocycles. The first-order valence-electron chi connectivity index (χ1n) is 17.3. The fraction of sp³-hybridized carbons (Fsp3) is 0.372. The average molecular weight is 850 g/mol. The standard InChI is InChI=1S/C28H21N2S.C15H28O2.Ir/c1-28(2,3)20-11-12-21-19(13-20)9-6-10-22(21)26-25-23-14-17-7-4-5-8-18(17)15-24(23)31-27(25)30-16-29-26;1-7-14(5,8-2)12(16)11-13(17)15(6,9-3)10-4;/h4-9,11-16H,1-3H3;11,16H,7-10H2,1-6H3;/q-1;;/b;12-11-;. The van der Waals surface area contributed by atoms with Crippen LogP contribution in [-0.2, 0) is 30.3 Å². The van der Waals surface area contributed by atoms with Crippen LogP contribution in [0.4, 0.5) is 0 Å². The number of aromatic nitrogens is 2. The Bertz CT molecular complexity index is 2130. The maximum Gasteiger partial charge on any atom is 0.164 e. The van der Waals surface area contributed by atoms with Crippen LogP contribution >= 0.6 is 11.3 Å². The number of fused-ring (bicyclic) bond motifs is 5. The molecule has 0 aliphatic carbocycles. The van der Waals surface area contributed by atoms with Gasteiger partial charge in [0, 0.05) is 52.8 Å². The number of carbonyl (C=O) groups excluding carboxylic acids is 1. The van der Waals surface area contributed by atoms with Crippen LogP contribution in [0.25, 0.3) is 53.1 Å². The number of ketones is 1. The van der Waals surface area contributed by atoms with Crippen LogP contribution in [0.1, 0.15) is 93.6 Å². The van der Waals surface area contributed by atoms with Gasteiger partial charge in [-0.2, -0.15) is 0 Å². The molecule has 1 radical (unpaired) electrons. The van der Waals surface area contributed by atoms with E-state index in [9.17, 15) is 9.90 Å². The molecule has 0 amide bonds. The summed E-state index contributed by atoms with van der Waals surface area (Å²) in [4.78, 5) is 22.6. The summed E-state index contributed by atoms with van der Waals surface area (Å²) in [5, 5.41) is 17.4. The average Bonchev–Trinajstić information content (AvgIpc) is 3.46. The first kappa shape index (κ1) is 38.4. The van der Waals surface area contributed by atoms with Crippen LogP contribution < -0.4 is 0 Å². The molecule has 0 spiro atoms. The summed E-state index contributed by atoms with van der Waals surface area (Å²) in [6.07, 6.45) is 6.44. The molecule has 49 heavy (non-hydrogen) atoms. The van der Waals surface area contributed by atoms with Crippen molar-refractivity contribution in [3.8, 4) is 11.3 Å². The number of aliphatic hydroxyl groups excluding tert-OH is 1. The quantitative estimate of drug-likeness (QED) is 0.0941. The van der Waals surface area contributed by atoms with Gasteiger partial charge in [-0.3, -0.25) is 9.78 Å². The van der Waals surface area contributed by atoms with Gasteiger partial charge in [0.1, 0.15) is 16.9 Å². The molecular formula is C43H49IrN2O2S-.